The lowest BCUT2D eigenvalue weighted by Gasteiger charge is -2.06. The van der Waals surface area contributed by atoms with Crippen molar-refractivity contribution in [1.82, 2.24) is 0 Å². The Morgan fingerprint density at radius 1 is 1.20 bits per heavy atom. The maximum Gasteiger partial charge on any atom is 0.119 e. The van der Waals surface area contributed by atoms with Crippen LogP contribution in [0.1, 0.15) is 18.4 Å². The maximum absolute atomic E-state index is 5.63. The molecule has 1 aliphatic rings. The summed E-state index contributed by atoms with van der Waals surface area (Å²) in [6, 6.07) is 8.13. The van der Waals surface area contributed by atoms with Gasteiger partial charge in [0.25, 0.3) is 0 Å². The van der Waals surface area contributed by atoms with E-state index < -0.39 is 0 Å². The second-order valence-corrected chi connectivity index (χ2v) is 4.02. The van der Waals surface area contributed by atoms with Gasteiger partial charge in [0.1, 0.15) is 5.75 Å². The van der Waals surface area contributed by atoms with Gasteiger partial charge < -0.3 is 9.57 Å². The Bertz CT molecular complexity index is 293. The highest BCUT2D eigenvalue weighted by atomic mass is 16.6. The quantitative estimate of drug-likeness (QED) is 0.725. The highest BCUT2D eigenvalue weighted by Gasteiger charge is 2.21. The van der Waals surface area contributed by atoms with Crippen molar-refractivity contribution in [2.75, 3.05) is 13.2 Å². The van der Waals surface area contributed by atoms with E-state index in [0.717, 1.165) is 24.7 Å². The fraction of sp³-hybridized carbons (Fsp3) is 0.500. The van der Waals surface area contributed by atoms with E-state index in [0.29, 0.717) is 6.61 Å². The molecule has 0 radical (unpaired) electrons. The molecule has 82 valence electrons. The van der Waals surface area contributed by atoms with Crippen molar-refractivity contribution >= 4 is 0 Å². The van der Waals surface area contributed by atoms with Crippen LogP contribution in [-0.4, -0.2) is 13.2 Å². The number of ether oxygens (including phenoxy) is 1. The van der Waals surface area contributed by atoms with Crippen molar-refractivity contribution < 1.29 is 9.57 Å². The minimum atomic E-state index is 0.558. The Hall–Kier alpha value is -1.06. The monoisotopic (exact) mass is 207 g/mol. The van der Waals surface area contributed by atoms with E-state index in [2.05, 4.69) is 17.0 Å². The Balaban J connectivity index is 1.79. The molecule has 2 rings (SSSR count). The molecule has 0 unspecified atom stereocenters. The Kier molecular flexibility index (Phi) is 3.59. The SMILES string of the molecule is NOCCc1ccc(OCC2CC2)cc1. The number of rotatable bonds is 6. The van der Waals surface area contributed by atoms with Crippen molar-refractivity contribution in [2.45, 2.75) is 19.3 Å². The molecule has 0 aromatic heterocycles. The molecule has 0 aliphatic heterocycles. The minimum absolute atomic E-state index is 0.558. The van der Waals surface area contributed by atoms with Crippen LogP contribution in [-0.2, 0) is 11.3 Å². The molecular formula is C12H17NO2. The summed E-state index contributed by atoms with van der Waals surface area (Å²) in [6.07, 6.45) is 3.50. The highest BCUT2D eigenvalue weighted by molar-refractivity contribution is 5.27. The first-order valence-corrected chi connectivity index (χ1v) is 5.42. The van der Waals surface area contributed by atoms with E-state index in [9.17, 15) is 0 Å². The summed E-state index contributed by atoms with van der Waals surface area (Å²) < 4.78 is 5.63. The Morgan fingerprint density at radius 3 is 2.53 bits per heavy atom. The first-order valence-electron chi connectivity index (χ1n) is 5.42. The Labute approximate surface area is 90.1 Å². The van der Waals surface area contributed by atoms with Crippen LogP contribution in [0.25, 0.3) is 0 Å². The van der Waals surface area contributed by atoms with Gasteiger partial charge in [0, 0.05) is 0 Å². The molecule has 3 heteroatoms. The van der Waals surface area contributed by atoms with E-state index in [1.54, 1.807) is 0 Å². The molecule has 0 heterocycles. The minimum Gasteiger partial charge on any atom is -0.493 e. The summed E-state index contributed by atoms with van der Waals surface area (Å²) in [7, 11) is 0. The molecule has 0 atom stereocenters. The number of benzene rings is 1. The van der Waals surface area contributed by atoms with Gasteiger partial charge in [-0.2, -0.15) is 0 Å². The van der Waals surface area contributed by atoms with Gasteiger partial charge >= 0.3 is 0 Å². The summed E-state index contributed by atoms with van der Waals surface area (Å²) in [5.41, 5.74) is 1.22. The third kappa shape index (κ3) is 3.53. The molecule has 1 saturated carbocycles. The lowest BCUT2D eigenvalue weighted by Crippen LogP contribution is -2.03. The first kappa shape index (κ1) is 10.5. The molecule has 0 saturated heterocycles. The number of hydrogen-bond donors (Lipinski definition) is 1. The van der Waals surface area contributed by atoms with Crippen molar-refractivity contribution in [1.29, 1.82) is 0 Å². The third-order valence-corrected chi connectivity index (χ3v) is 2.61. The van der Waals surface area contributed by atoms with Gasteiger partial charge in [0.15, 0.2) is 0 Å². The second kappa shape index (κ2) is 5.14. The van der Waals surface area contributed by atoms with Crippen LogP contribution in [0, 0.1) is 5.92 Å². The van der Waals surface area contributed by atoms with Gasteiger partial charge in [0.05, 0.1) is 13.2 Å². The van der Waals surface area contributed by atoms with E-state index in [1.165, 1.54) is 18.4 Å². The largest absolute Gasteiger partial charge is 0.493 e. The topological polar surface area (TPSA) is 44.5 Å². The molecule has 0 spiro atoms. The lowest BCUT2D eigenvalue weighted by molar-refractivity contribution is 0.141. The van der Waals surface area contributed by atoms with Gasteiger partial charge in [-0.15, -0.1) is 0 Å². The van der Waals surface area contributed by atoms with Crippen molar-refractivity contribution in [3.05, 3.63) is 29.8 Å². The van der Waals surface area contributed by atoms with Crippen LogP contribution in [0.3, 0.4) is 0 Å². The average Bonchev–Trinajstić information content (AvgIpc) is 3.09. The Morgan fingerprint density at radius 2 is 1.93 bits per heavy atom. The van der Waals surface area contributed by atoms with Gasteiger partial charge in [-0.3, -0.25) is 0 Å². The smallest absolute Gasteiger partial charge is 0.119 e. The van der Waals surface area contributed by atoms with Crippen LogP contribution in [0.4, 0.5) is 0 Å². The van der Waals surface area contributed by atoms with Crippen molar-refractivity contribution in [3.8, 4) is 5.75 Å². The molecular weight excluding hydrogens is 190 g/mol. The molecule has 1 aromatic rings. The molecule has 3 nitrogen and oxygen atoms in total. The lowest BCUT2D eigenvalue weighted by atomic mass is 10.1. The van der Waals surface area contributed by atoms with E-state index >= 15 is 0 Å². The van der Waals surface area contributed by atoms with Crippen LogP contribution < -0.4 is 10.6 Å². The summed E-state index contributed by atoms with van der Waals surface area (Å²) in [5, 5.41) is 0. The molecule has 2 N–H and O–H groups in total. The number of hydrogen-bond acceptors (Lipinski definition) is 3. The molecule has 1 aromatic carbocycles. The average molecular weight is 207 g/mol. The fourth-order valence-electron chi connectivity index (χ4n) is 1.43. The zero-order chi connectivity index (χ0) is 10.5. The molecule has 1 fully saturated rings. The number of nitrogens with two attached hydrogens (primary N) is 1. The normalized spacial score (nSPS) is 15.3. The van der Waals surface area contributed by atoms with Gasteiger partial charge in [-0.05, 0) is 42.9 Å². The molecule has 0 amide bonds. The molecule has 0 bridgehead atoms. The van der Waals surface area contributed by atoms with E-state index in [4.69, 9.17) is 10.6 Å². The van der Waals surface area contributed by atoms with Crippen LogP contribution in [0.15, 0.2) is 24.3 Å². The zero-order valence-electron chi connectivity index (χ0n) is 8.82. The van der Waals surface area contributed by atoms with Gasteiger partial charge in [0.2, 0.25) is 0 Å². The third-order valence-electron chi connectivity index (χ3n) is 2.61. The maximum atomic E-state index is 5.63. The standard InChI is InChI=1S/C12H17NO2/c13-15-8-7-10-3-5-12(6-4-10)14-9-11-1-2-11/h3-6,11H,1-2,7-9,13H2. The van der Waals surface area contributed by atoms with Crippen molar-refractivity contribution in [2.24, 2.45) is 11.8 Å². The first-order chi connectivity index (χ1) is 7.38. The summed E-state index contributed by atoms with van der Waals surface area (Å²) in [4.78, 5) is 4.53. The van der Waals surface area contributed by atoms with Gasteiger partial charge in [-0.25, -0.2) is 5.90 Å². The molecule has 15 heavy (non-hydrogen) atoms. The predicted molar refractivity (Wildman–Crippen MR) is 58.5 cm³/mol. The van der Waals surface area contributed by atoms with Crippen LogP contribution in [0.2, 0.25) is 0 Å². The molecule has 1 aliphatic carbocycles. The summed E-state index contributed by atoms with van der Waals surface area (Å²) in [6.45, 7) is 1.42. The fourth-order valence-corrected chi connectivity index (χ4v) is 1.43. The highest BCUT2D eigenvalue weighted by Crippen LogP contribution is 2.29. The predicted octanol–water partition coefficient (Wildman–Crippen LogP) is 1.91. The summed E-state index contributed by atoms with van der Waals surface area (Å²) in [5.74, 6) is 6.73. The van der Waals surface area contributed by atoms with Crippen LogP contribution in [0.5, 0.6) is 5.75 Å². The van der Waals surface area contributed by atoms with E-state index in [-0.39, 0.29) is 0 Å². The zero-order valence-corrected chi connectivity index (χ0v) is 8.82. The van der Waals surface area contributed by atoms with E-state index in [1.807, 2.05) is 12.1 Å². The second-order valence-electron chi connectivity index (χ2n) is 4.02. The summed E-state index contributed by atoms with van der Waals surface area (Å²) >= 11 is 0. The van der Waals surface area contributed by atoms with Crippen molar-refractivity contribution in [3.63, 3.8) is 0 Å². The van der Waals surface area contributed by atoms with Gasteiger partial charge in [-0.1, -0.05) is 12.1 Å². The van der Waals surface area contributed by atoms with Crippen LogP contribution >= 0.6 is 0 Å².